The summed E-state index contributed by atoms with van der Waals surface area (Å²) in [5.41, 5.74) is -1.34. The molecule has 1 unspecified atom stereocenters. The van der Waals surface area contributed by atoms with E-state index in [9.17, 15) is 19.7 Å². The van der Waals surface area contributed by atoms with Crippen LogP contribution in [0.15, 0.2) is 22.2 Å². The Morgan fingerprint density at radius 1 is 1.36 bits per heavy atom. The molecule has 0 fully saturated rings. The van der Waals surface area contributed by atoms with Gasteiger partial charge in [-0.05, 0) is 26.3 Å². The average Bonchev–Trinajstić information content (AvgIpc) is 2.46. The van der Waals surface area contributed by atoms with E-state index < -0.39 is 28.3 Å². The van der Waals surface area contributed by atoms with Crippen LogP contribution < -0.4 is 0 Å². The molecule has 1 aliphatic rings. The van der Waals surface area contributed by atoms with E-state index in [1.54, 1.807) is 13.8 Å². The molecular weight excluding hydrogens is 358 g/mol. The molecule has 0 heterocycles. The fourth-order valence-electron chi connectivity index (χ4n) is 2.11. The Morgan fingerprint density at radius 3 is 2.23 bits per heavy atom. The summed E-state index contributed by atoms with van der Waals surface area (Å²) in [6.45, 7) is 4.88. The van der Waals surface area contributed by atoms with Gasteiger partial charge in [0.2, 0.25) is 6.04 Å². The number of hydrogen-bond acceptors (Lipinski definition) is 6. The lowest BCUT2D eigenvalue weighted by Crippen LogP contribution is -2.42. The maximum absolute atomic E-state index is 12.3. The Balaban J connectivity index is 3.24. The second-order valence-corrected chi connectivity index (χ2v) is 5.64. The molecule has 8 heteroatoms. The largest absolute Gasteiger partial charge is 0.465 e. The molecule has 122 valence electrons. The zero-order chi connectivity index (χ0) is 16.9. The van der Waals surface area contributed by atoms with Gasteiger partial charge in [0, 0.05) is 21.9 Å². The van der Waals surface area contributed by atoms with Crippen LogP contribution in [0.3, 0.4) is 0 Å². The number of carbonyl (C=O) groups is 2. The summed E-state index contributed by atoms with van der Waals surface area (Å²) >= 11 is 3.21. The Kier molecular flexibility index (Phi) is 6.28. The lowest BCUT2D eigenvalue weighted by Gasteiger charge is -2.29. The van der Waals surface area contributed by atoms with Gasteiger partial charge in [-0.15, -0.1) is 0 Å². The highest BCUT2D eigenvalue weighted by Gasteiger charge is 2.49. The van der Waals surface area contributed by atoms with Crippen LogP contribution in [0.5, 0.6) is 0 Å². The van der Waals surface area contributed by atoms with Crippen molar-refractivity contribution in [2.24, 2.45) is 5.41 Å². The number of rotatable bonds is 6. The number of nitrogens with zero attached hydrogens (tertiary/aromatic N) is 1. The van der Waals surface area contributed by atoms with Gasteiger partial charge in [-0.2, -0.15) is 0 Å². The van der Waals surface area contributed by atoms with E-state index in [1.165, 1.54) is 19.1 Å². The summed E-state index contributed by atoms with van der Waals surface area (Å²) in [6, 6.07) is -0.897. The van der Waals surface area contributed by atoms with E-state index in [1.807, 2.05) is 0 Å². The number of halogens is 1. The van der Waals surface area contributed by atoms with Crippen LogP contribution in [0, 0.1) is 15.5 Å². The van der Waals surface area contributed by atoms with Crippen LogP contribution in [-0.2, 0) is 19.1 Å². The summed E-state index contributed by atoms with van der Waals surface area (Å²) in [5, 5.41) is 10.9. The van der Waals surface area contributed by atoms with E-state index >= 15 is 0 Å². The molecule has 0 aromatic carbocycles. The minimum absolute atomic E-state index is 0.0891. The second-order valence-electron chi connectivity index (χ2n) is 4.79. The number of carbonyl (C=O) groups excluding carboxylic acids is 2. The summed E-state index contributed by atoms with van der Waals surface area (Å²) in [7, 11) is 0. The minimum atomic E-state index is -1.66. The van der Waals surface area contributed by atoms with Crippen molar-refractivity contribution in [1.29, 1.82) is 0 Å². The highest BCUT2D eigenvalue weighted by molar-refractivity contribution is 9.12. The maximum Gasteiger partial charge on any atom is 0.327 e. The van der Waals surface area contributed by atoms with Gasteiger partial charge in [0.15, 0.2) is 5.41 Å². The first kappa shape index (κ1) is 18.3. The molecule has 0 radical (unpaired) electrons. The van der Waals surface area contributed by atoms with E-state index in [2.05, 4.69) is 15.9 Å². The summed E-state index contributed by atoms with van der Waals surface area (Å²) < 4.78 is 10.3. The molecule has 0 amide bonds. The quantitative estimate of drug-likeness (QED) is 0.306. The smallest absolute Gasteiger partial charge is 0.327 e. The molecule has 0 aliphatic heterocycles. The predicted octanol–water partition coefficient (Wildman–Crippen LogP) is 2.37. The molecule has 0 saturated heterocycles. The van der Waals surface area contributed by atoms with Crippen molar-refractivity contribution in [3.63, 3.8) is 0 Å². The normalized spacial score (nSPS) is 18.1. The van der Waals surface area contributed by atoms with Crippen molar-refractivity contribution < 1.29 is 24.0 Å². The molecule has 0 spiro atoms. The van der Waals surface area contributed by atoms with E-state index in [4.69, 9.17) is 9.47 Å². The molecule has 0 N–H and O–H groups in total. The maximum atomic E-state index is 12.3. The van der Waals surface area contributed by atoms with Crippen molar-refractivity contribution in [3.8, 4) is 0 Å². The van der Waals surface area contributed by atoms with Crippen molar-refractivity contribution in [3.05, 3.63) is 32.3 Å². The number of allylic oxidation sites excluding steroid dienone is 1. The molecule has 0 aromatic heterocycles. The number of ether oxygens (including phenoxy) is 2. The molecule has 1 aliphatic carbocycles. The molecule has 0 bridgehead atoms. The zero-order valence-electron chi connectivity index (χ0n) is 12.6. The monoisotopic (exact) mass is 375 g/mol. The van der Waals surface area contributed by atoms with Gasteiger partial charge in [-0.25, -0.2) is 0 Å². The molecule has 1 rings (SSSR count). The van der Waals surface area contributed by atoms with Crippen LogP contribution in [0.2, 0.25) is 0 Å². The van der Waals surface area contributed by atoms with Crippen LogP contribution in [0.4, 0.5) is 0 Å². The standard InChI is InChI=1S/C14H18BrNO6/c1-4-21-12(17)14(3,13(18)22-5-2)10-7-6-9(16(19)20)8-11(10)15/h7-9H,4-6H2,1-3H3. The minimum Gasteiger partial charge on any atom is -0.465 e. The molecule has 0 saturated carbocycles. The Bertz CT molecular complexity index is 521. The van der Waals surface area contributed by atoms with Crippen LogP contribution in [0.25, 0.3) is 0 Å². The Hall–Kier alpha value is -1.70. The van der Waals surface area contributed by atoms with Gasteiger partial charge < -0.3 is 9.47 Å². The Labute approximate surface area is 136 Å². The van der Waals surface area contributed by atoms with Crippen molar-refractivity contribution in [1.82, 2.24) is 0 Å². The van der Waals surface area contributed by atoms with Gasteiger partial charge in [0.1, 0.15) is 0 Å². The topological polar surface area (TPSA) is 95.7 Å². The summed E-state index contributed by atoms with van der Waals surface area (Å²) in [5.74, 6) is -1.49. The van der Waals surface area contributed by atoms with Gasteiger partial charge in [0.05, 0.1) is 13.2 Å². The zero-order valence-corrected chi connectivity index (χ0v) is 14.2. The van der Waals surface area contributed by atoms with Gasteiger partial charge in [-0.1, -0.05) is 22.0 Å². The van der Waals surface area contributed by atoms with Crippen molar-refractivity contribution in [2.45, 2.75) is 33.2 Å². The third-order valence-electron chi connectivity index (χ3n) is 3.34. The van der Waals surface area contributed by atoms with E-state index in [0.29, 0.717) is 10.1 Å². The molecule has 7 nitrogen and oxygen atoms in total. The third kappa shape index (κ3) is 3.55. The highest BCUT2D eigenvalue weighted by Crippen LogP contribution is 2.40. The first-order valence-corrected chi connectivity index (χ1v) is 7.64. The van der Waals surface area contributed by atoms with Crippen LogP contribution in [0.1, 0.15) is 27.2 Å². The van der Waals surface area contributed by atoms with E-state index in [0.717, 1.165) is 0 Å². The number of esters is 2. The second kappa shape index (κ2) is 7.53. The van der Waals surface area contributed by atoms with Gasteiger partial charge in [0.25, 0.3) is 0 Å². The van der Waals surface area contributed by atoms with Gasteiger partial charge in [-0.3, -0.25) is 19.7 Å². The highest BCUT2D eigenvalue weighted by atomic mass is 79.9. The molecule has 22 heavy (non-hydrogen) atoms. The molecular formula is C14H18BrNO6. The average molecular weight is 376 g/mol. The fraction of sp³-hybridized carbons (Fsp3) is 0.571. The van der Waals surface area contributed by atoms with Crippen LogP contribution in [-0.4, -0.2) is 36.1 Å². The van der Waals surface area contributed by atoms with E-state index in [-0.39, 0.29) is 19.6 Å². The van der Waals surface area contributed by atoms with Crippen molar-refractivity contribution in [2.75, 3.05) is 13.2 Å². The Morgan fingerprint density at radius 2 is 1.86 bits per heavy atom. The van der Waals surface area contributed by atoms with Crippen molar-refractivity contribution >= 4 is 27.9 Å². The number of nitro groups is 1. The molecule has 1 atom stereocenters. The lowest BCUT2D eigenvalue weighted by molar-refractivity contribution is -0.508. The SMILES string of the molecule is CCOC(=O)C(C)(C(=O)OCC)C1=CCC([N+](=O)[O-])C=C1Br. The lowest BCUT2D eigenvalue weighted by atomic mass is 9.79. The number of hydrogen-bond donors (Lipinski definition) is 0. The third-order valence-corrected chi connectivity index (χ3v) is 4.03. The summed E-state index contributed by atoms with van der Waals surface area (Å²) in [4.78, 5) is 35.0. The fourth-order valence-corrected chi connectivity index (χ4v) is 2.97. The summed E-state index contributed by atoms with van der Waals surface area (Å²) in [6.07, 6.45) is 2.96. The molecule has 0 aromatic rings. The predicted molar refractivity (Wildman–Crippen MR) is 81.9 cm³/mol. The van der Waals surface area contributed by atoms with Crippen LogP contribution >= 0.6 is 15.9 Å². The first-order valence-electron chi connectivity index (χ1n) is 6.85. The van der Waals surface area contributed by atoms with Gasteiger partial charge >= 0.3 is 11.9 Å². The first-order chi connectivity index (χ1) is 10.3.